The van der Waals surface area contributed by atoms with Crippen LogP contribution in [0.2, 0.25) is 0 Å². The standard InChI is InChI=1S/C17H13N5O3S/c1-24-11-6-4-10(5-7-11)15-21-16(25-22-15)14-13(19-9-20-23)12-3-2-8-18-17(12)26-14/h2-9,23H,1H3,(H,19,20). The second-order valence-electron chi connectivity index (χ2n) is 5.17. The van der Waals surface area contributed by atoms with Crippen molar-refractivity contribution in [1.29, 1.82) is 0 Å². The van der Waals surface area contributed by atoms with Crippen molar-refractivity contribution < 1.29 is 14.5 Å². The number of benzene rings is 1. The molecule has 0 aliphatic heterocycles. The van der Waals surface area contributed by atoms with Crippen molar-refractivity contribution in [2.75, 3.05) is 7.11 Å². The highest BCUT2D eigenvalue weighted by Gasteiger charge is 2.20. The van der Waals surface area contributed by atoms with Gasteiger partial charge in [0.05, 0.1) is 12.8 Å². The van der Waals surface area contributed by atoms with Crippen LogP contribution in [-0.2, 0) is 0 Å². The van der Waals surface area contributed by atoms with Gasteiger partial charge in [0.25, 0.3) is 5.89 Å². The second-order valence-corrected chi connectivity index (χ2v) is 6.17. The zero-order chi connectivity index (χ0) is 17.9. The van der Waals surface area contributed by atoms with E-state index in [4.69, 9.17) is 14.5 Å². The number of thiophene rings is 1. The number of nitrogens with zero attached hydrogens (tertiary/aromatic N) is 4. The number of pyridine rings is 1. The number of aliphatic imine (C=N–C) groups is 1. The van der Waals surface area contributed by atoms with Gasteiger partial charge in [-0.3, -0.25) is 10.7 Å². The minimum atomic E-state index is 0.337. The summed E-state index contributed by atoms with van der Waals surface area (Å²) < 4.78 is 10.6. The first-order valence-electron chi connectivity index (χ1n) is 7.58. The Labute approximate surface area is 151 Å². The van der Waals surface area contributed by atoms with E-state index in [0.29, 0.717) is 22.3 Å². The van der Waals surface area contributed by atoms with E-state index in [0.717, 1.165) is 21.5 Å². The molecular formula is C17H13N5O3S. The predicted molar refractivity (Wildman–Crippen MR) is 98.0 cm³/mol. The summed E-state index contributed by atoms with van der Waals surface area (Å²) in [5.74, 6) is 1.55. The smallest absolute Gasteiger partial charge is 0.270 e. The van der Waals surface area contributed by atoms with E-state index in [2.05, 4.69) is 20.1 Å². The van der Waals surface area contributed by atoms with Gasteiger partial charge in [-0.15, -0.1) is 11.3 Å². The molecule has 0 spiro atoms. The molecule has 0 fully saturated rings. The fraction of sp³-hybridized carbons (Fsp3) is 0.0588. The maximum Gasteiger partial charge on any atom is 0.270 e. The molecule has 9 heteroatoms. The highest BCUT2D eigenvalue weighted by Crippen LogP contribution is 2.43. The number of aromatic nitrogens is 3. The zero-order valence-corrected chi connectivity index (χ0v) is 14.4. The van der Waals surface area contributed by atoms with Crippen molar-refractivity contribution in [1.82, 2.24) is 20.6 Å². The molecule has 3 heterocycles. The summed E-state index contributed by atoms with van der Waals surface area (Å²) in [6.45, 7) is 0. The van der Waals surface area contributed by atoms with Crippen LogP contribution in [0.1, 0.15) is 0 Å². The lowest BCUT2D eigenvalue weighted by molar-refractivity contribution is 0.240. The molecule has 0 radical (unpaired) electrons. The molecule has 8 nitrogen and oxygen atoms in total. The van der Waals surface area contributed by atoms with Crippen LogP contribution < -0.4 is 10.2 Å². The van der Waals surface area contributed by atoms with Crippen molar-refractivity contribution in [3.63, 3.8) is 0 Å². The first-order valence-corrected chi connectivity index (χ1v) is 8.40. The van der Waals surface area contributed by atoms with Crippen LogP contribution in [0.25, 0.3) is 32.4 Å². The Hall–Kier alpha value is -3.30. The van der Waals surface area contributed by atoms with Gasteiger partial charge >= 0.3 is 0 Å². The molecule has 130 valence electrons. The number of ether oxygens (including phenoxy) is 1. The molecule has 0 amide bonds. The molecule has 1 aromatic carbocycles. The lowest BCUT2D eigenvalue weighted by Crippen LogP contribution is -2.00. The van der Waals surface area contributed by atoms with E-state index >= 15 is 0 Å². The molecule has 0 saturated heterocycles. The highest BCUT2D eigenvalue weighted by molar-refractivity contribution is 7.22. The largest absolute Gasteiger partial charge is 0.497 e. The zero-order valence-electron chi connectivity index (χ0n) is 13.6. The van der Waals surface area contributed by atoms with Gasteiger partial charge in [-0.1, -0.05) is 5.16 Å². The Bertz CT molecular complexity index is 1070. The van der Waals surface area contributed by atoms with E-state index in [9.17, 15) is 0 Å². The quantitative estimate of drug-likeness (QED) is 0.315. The van der Waals surface area contributed by atoms with Crippen molar-refractivity contribution >= 4 is 33.6 Å². The summed E-state index contributed by atoms with van der Waals surface area (Å²) in [5, 5.41) is 13.7. The normalized spacial score (nSPS) is 11.3. The van der Waals surface area contributed by atoms with E-state index in [1.807, 2.05) is 41.9 Å². The monoisotopic (exact) mass is 367 g/mol. The summed E-state index contributed by atoms with van der Waals surface area (Å²) >= 11 is 1.39. The molecule has 0 unspecified atom stereocenters. The number of fused-ring (bicyclic) bond motifs is 1. The first kappa shape index (κ1) is 16.2. The Morgan fingerprint density at radius 2 is 2.12 bits per heavy atom. The molecule has 2 N–H and O–H groups in total. The number of methoxy groups -OCH3 is 1. The van der Waals surface area contributed by atoms with Gasteiger partial charge in [-0.2, -0.15) is 4.98 Å². The number of hydroxylamine groups is 1. The van der Waals surface area contributed by atoms with Crippen molar-refractivity contribution in [3.8, 4) is 27.9 Å². The van der Waals surface area contributed by atoms with Crippen LogP contribution in [0.5, 0.6) is 5.75 Å². The van der Waals surface area contributed by atoms with Gasteiger partial charge in [-0.25, -0.2) is 9.98 Å². The van der Waals surface area contributed by atoms with E-state index in [1.54, 1.807) is 13.3 Å². The maximum atomic E-state index is 8.82. The average Bonchev–Trinajstić information content (AvgIpc) is 3.31. The summed E-state index contributed by atoms with van der Waals surface area (Å²) in [5.41, 5.74) is 3.31. The summed E-state index contributed by atoms with van der Waals surface area (Å²) in [6, 6.07) is 11.1. The van der Waals surface area contributed by atoms with Crippen LogP contribution in [0.15, 0.2) is 52.1 Å². The molecule has 4 aromatic rings. The lowest BCUT2D eigenvalue weighted by Gasteiger charge is -1.98. The first-order chi connectivity index (χ1) is 12.8. The SMILES string of the molecule is COc1ccc(-c2noc(-c3sc4ncccc4c3N=CNO)n2)cc1. The molecule has 4 rings (SSSR count). The number of hydrogen-bond acceptors (Lipinski definition) is 8. The van der Waals surface area contributed by atoms with Crippen LogP contribution >= 0.6 is 11.3 Å². The highest BCUT2D eigenvalue weighted by atomic mass is 32.1. The van der Waals surface area contributed by atoms with Gasteiger partial charge in [0.1, 0.15) is 21.8 Å². The van der Waals surface area contributed by atoms with Crippen LogP contribution in [0.4, 0.5) is 5.69 Å². The number of hydrogen-bond donors (Lipinski definition) is 2. The summed E-state index contributed by atoms with van der Waals surface area (Å²) in [4.78, 5) is 14.5. The fourth-order valence-corrected chi connectivity index (χ4v) is 3.47. The molecule has 0 saturated carbocycles. The maximum absolute atomic E-state index is 8.82. The van der Waals surface area contributed by atoms with E-state index in [1.165, 1.54) is 17.7 Å². The van der Waals surface area contributed by atoms with Gasteiger partial charge in [0.2, 0.25) is 5.82 Å². The topological polar surface area (TPSA) is 106 Å². The van der Waals surface area contributed by atoms with Crippen LogP contribution in [0.3, 0.4) is 0 Å². The molecule has 0 aliphatic rings. The third-order valence-electron chi connectivity index (χ3n) is 3.66. The minimum absolute atomic E-state index is 0.337. The second kappa shape index (κ2) is 6.90. The molecule has 0 atom stereocenters. The molecule has 0 bridgehead atoms. The van der Waals surface area contributed by atoms with Crippen LogP contribution in [-0.4, -0.2) is 33.8 Å². The lowest BCUT2D eigenvalue weighted by atomic mass is 10.2. The Kier molecular flexibility index (Phi) is 4.30. The third-order valence-corrected chi connectivity index (χ3v) is 4.75. The van der Waals surface area contributed by atoms with E-state index < -0.39 is 0 Å². The van der Waals surface area contributed by atoms with Gasteiger partial charge in [0, 0.05) is 17.1 Å². The summed E-state index contributed by atoms with van der Waals surface area (Å²) in [7, 11) is 1.61. The molecule has 26 heavy (non-hydrogen) atoms. The number of nitrogens with one attached hydrogen (secondary N) is 1. The predicted octanol–water partition coefficient (Wildman–Crippen LogP) is 3.66. The van der Waals surface area contributed by atoms with E-state index in [-0.39, 0.29) is 0 Å². The van der Waals surface area contributed by atoms with Gasteiger partial charge in [-0.05, 0) is 36.4 Å². The molecule has 0 aliphatic carbocycles. The molecule has 3 aromatic heterocycles. The van der Waals surface area contributed by atoms with Gasteiger partial charge in [0.15, 0.2) is 0 Å². The Morgan fingerprint density at radius 3 is 2.88 bits per heavy atom. The summed E-state index contributed by atoms with van der Waals surface area (Å²) in [6.07, 6.45) is 2.88. The molecular weight excluding hydrogens is 354 g/mol. The van der Waals surface area contributed by atoms with Crippen molar-refractivity contribution in [3.05, 3.63) is 42.6 Å². The number of rotatable bonds is 5. The third kappa shape index (κ3) is 2.89. The Morgan fingerprint density at radius 1 is 1.27 bits per heavy atom. The Balaban J connectivity index is 1.78. The van der Waals surface area contributed by atoms with Gasteiger partial charge < -0.3 is 9.26 Å². The minimum Gasteiger partial charge on any atom is -0.497 e. The van der Waals surface area contributed by atoms with Crippen molar-refractivity contribution in [2.24, 2.45) is 4.99 Å². The van der Waals surface area contributed by atoms with Crippen LogP contribution in [0, 0.1) is 0 Å². The average molecular weight is 367 g/mol. The van der Waals surface area contributed by atoms with Crippen molar-refractivity contribution in [2.45, 2.75) is 0 Å². The fourth-order valence-electron chi connectivity index (χ4n) is 2.46.